The fourth-order valence-electron chi connectivity index (χ4n) is 1.90. The third kappa shape index (κ3) is 5.78. The largest absolute Gasteiger partial charge is 0.546 e. The molecule has 2 aromatic rings. The van der Waals surface area contributed by atoms with Crippen molar-refractivity contribution in [3.05, 3.63) is 54.1 Å². The number of benzene rings is 2. The minimum atomic E-state index is -3.79. The Morgan fingerprint density at radius 2 is 1.65 bits per heavy atom. The molecule has 0 fully saturated rings. The van der Waals surface area contributed by atoms with Crippen molar-refractivity contribution in [2.75, 3.05) is 13.2 Å². The van der Waals surface area contributed by atoms with Gasteiger partial charge in [-0.3, -0.25) is 0 Å². The molecule has 0 saturated carbocycles. The zero-order valence-electron chi connectivity index (χ0n) is 13.9. The van der Waals surface area contributed by atoms with Gasteiger partial charge in [0, 0.05) is 0 Å². The van der Waals surface area contributed by atoms with Crippen LogP contribution in [0.3, 0.4) is 0 Å². The third-order valence-electron chi connectivity index (χ3n) is 3.07. The SMILES string of the molecule is CCOc1ccc(S(=O)(=O)N/N=C\c2ccc(OCC(=O)[O-])cc2)cc1. The first-order chi connectivity index (χ1) is 12.4. The highest BCUT2D eigenvalue weighted by atomic mass is 32.2. The number of nitrogens with zero attached hydrogens (tertiary/aromatic N) is 1. The zero-order chi connectivity index (χ0) is 19.0. The molecular weight excluding hydrogens is 360 g/mol. The van der Waals surface area contributed by atoms with E-state index in [1.807, 2.05) is 6.92 Å². The summed E-state index contributed by atoms with van der Waals surface area (Å²) in [5.74, 6) is -0.392. The Bertz CT molecular complexity index is 861. The maximum absolute atomic E-state index is 12.1. The maximum Gasteiger partial charge on any atom is 0.276 e. The average molecular weight is 377 g/mol. The van der Waals surface area contributed by atoms with Gasteiger partial charge in [-0.25, -0.2) is 4.83 Å². The van der Waals surface area contributed by atoms with Gasteiger partial charge in [0.25, 0.3) is 10.0 Å². The van der Waals surface area contributed by atoms with Crippen LogP contribution in [0, 0.1) is 0 Å². The van der Waals surface area contributed by atoms with Crippen molar-refractivity contribution in [1.82, 2.24) is 4.83 Å². The fraction of sp³-hybridized carbons (Fsp3) is 0.176. The van der Waals surface area contributed by atoms with Gasteiger partial charge in [-0.15, -0.1) is 0 Å². The van der Waals surface area contributed by atoms with E-state index in [-0.39, 0.29) is 4.90 Å². The molecule has 0 bridgehead atoms. The van der Waals surface area contributed by atoms with Crippen LogP contribution < -0.4 is 19.4 Å². The van der Waals surface area contributed by atoms with Crippen LogP contribution in [0.2, 0.25) is 0 Å². The maximum atomic E-state index is 12.1. The molecule has 0 aliphatic heterocycles. The van der Waals surface area contributed by atoms with Crippen LogP contribution in [0.5, 0.6) is 11.5 Å². The molecule has 0 unspecified atom stereocenters. The first kappa shape index (κ1) is 19.3. The second kappa shape index (κ2) is 8.86. The summed E-state index contributed by atoms with van der Waals surface area (Å²) in [6, 6.07) is 12.2. The summed E-state index contributed by atoms with van der Waals surface area (Å²) in [5, 5.41) is 14.0. The van der Waals surface area contributed by atoms with E-state index < -0.39 is 22.6 Å². The first-order valence-electron chi connectivity index (χ1n) is 7.61. The smallest absolute Gasteiger partial charge is 0.276 e. The molecule has 0 spiro atoms. The molecule has 2 aromatic carbocycles. The molecule has 138 valence electrons. The number of carbonyl (C=O) groups excluding carboxylic acids is 1. The highest BCUT2D eigenvalue weighted by molar-refractivity contribution is 7.89. The molecule has 0 heterocycles. The van der Waals surface area contributed by atoms with Gasteiger partial charge in [-0.05, 0) is 61.0 Å². The minimum Gasteiger partial charge on any atom is -0.546 e. The lowest BCUT2D eigenvalue weighted by Gasteiger charge is -2.07. The summed E-state index contributed by atoms with van der Waals surface area (Å²) >= 11 is 0. The molecule has 1 N–H and O–H groups in total. The third-order valence-corrected chi connectivity index (χ3v) is 4.31. The number of carboxylic acids is 1. The number of nitrogens with one attached hydrogen (secondary N) is 1. The van der Waals surface area contributed by atoms with Gasteiger partial charge >= 0.3 is 0 Å². The lowest BCUT2D eigenvalue weighted by Crippen LogP contribution is -2.28. The Morgan fingerprint density at radius 3 is 2.23 bits per heavy atom. The fourth-order valence-corrected chi connectivity index (χ4v) is 2.69. The van der Waals surface area contributed by atoms with Crippen molar-refractivity contribution >= 4 is 22.2 Å². The van der Waals surface area contributed by atoms with Gasteiger partial charge in [-0.2, -0.15) is 13.5 Å². The molecule has 0 radical (unpaired) electrons. The van der Waals surface area contributed by atoms with Crippen LogP contribution in [-0.2, 0) is 14.8 Å². The van der Waals surface area contributed by atoms with E-state index in [1.165, 1.54) is 30.5 Å². The average Bonchev–Trinajstić information content (AvgIpc) is 2.61. The van der Waals surface area contributed by atoms with E-state index >= 15 is 0 Å². The molecule has 8 nitrogen and oxygen atoms in total. The summed E-state index contributed by atoms with van der Waals surface area (Å²) in [7, 11) is -3.79. The summed E-state index contributed by atoms with van der Waals surface area (Å²) < 4.78 is 34.5. The molecule has 0 aromatic heterocycles. The number of carbonyl (C=O) groups is 1. The van der Waals surface area contributed by atoms with Crippen molar-refractivity contribution in [2.45, 2.75) is 11.8 Å². The molecule has 0 saturated heterocycles. The molecular formula is C17H17N2O6S-. The second-order valence-electron chi connectivity index (χ2n) is 4.99. The van der Waals surface area contributed by atoms with Crippen molar-refractivity contribution in [3.63, 3.8) is 0 Å². The van der Waals surface area contributed by atoms with E-state index in [0.717, 1.165) is 0 Å². The molecule has 0 aliphatic rings. The first-order valence-corrected chi connectivity index (χ1v) is 9.09. The summed E-state index contributed by atoms with van der Waals surface area (Å²) in [6.45, 7) is 1.78. The van der Waals surface area contributed by atoms with Crippen LogP contribution >= 0.6 is 0 Å². The Labute approximate surface area is 151 Å². The highest BCUT2D eigenvalue weighted by Gasteiger charge is 2.12. The standard InChI is InChI=1S/C17H18N2O6S/c1-2-24-14-7-9-16(10-8-14)26(22,23)19-18-11-13-3-5-15(6-4-13)25-12-17(20)21/h3-11,19H,2,12H2,1H3,(H,20,21)/p-1/b18-11-. The van der Waals surface area contributed by atoms with Gasteiger partial charge in [0.05, 0.1) is 23.7 Å². The summed E-state index contributed by atoms with van der Waals surface area (Å²) in [4.78, 5) is 12.5. The van der Waals surface area contributed by atoms with E-state index in [9.17, 15) is 18.3 Å². The molecule has 0 atom stereocenters. The minimum absolute atomic E-state index is 0.0594. The van der Waals surface area contributed by atoms with Gasteiger partial charge in [0.2, 0.25) is 0 Å². The Kier molecular flexibility index (Phi) is 6.56. The van der Waals surface area contributed by atoms with Crippen molar-refractivity contribution in [3.8, 4) is 11.5 Å². The number of rotatable bonds is 9. The monoisotopic (exact) mass is 377 g/mol. The Hall–Kier alpha value is -3.07. The number of sulfonamides is 1. The van der Waals surface area contributed by atoms with Crippen LogP contribution in [0.25, 0.3) is 0 Å². The lowest BCUT2D eigenvalue weighted by atomic mass is 10.2. The van der Waals surface area contributed by atoms with Gasteiger partial charge in [0.15, 0.2) is 0 Å². The number of aliphatic carboxylic acids is 1. The molecule has 26 heavy (non-hydrogen) atoms. The molecule has 0 aliphatic carbocycles. The second-order valence-corrected chi connectivity index (χ2v) is 6.65. The van der Waals surface area contributed by atoms with E-state index in [1.54, 1.807) is 24.3 Å². The Morgan fingerprint density at radius 1 is 1.08 bits per heavy atom. The normalized spacial score (nSPS) is 11.3. The number of carboxylic acid groups (broad SMARTS) is 1. The molecule has 9 heteroatoms. The van der Waals surface area contributed by atoms with Crippen molar-refractivity contribution < 1.29 is 27.8 Å². The van der Waals surface area contributed by atoms with Crippen LogP contribution in [0.4, 0.5) is 0 Å². The summed E-state index contributed by atoms with van der Waals surface area (Å²) in [6.07, 6.45) is 1.31. The van der Waals surface area contributed by atoms with Crippen LogP contribution in [0.15, 0.2) is 58.5 Å². The van der Waals surface area contributed by atoms with E-state index in [2.05, 4.69) is 9.93 Å². The van der Waals surface area contributed by atoms with Gasteiger partial charge in [-0.1, -0.05) is 0 Å². The van der Waals surface area contributed by atoms with E-state index in [0.29, 0.717) is 23.7 Å². The lowest BCUT2D eigenvalue weighted by molar-refractivity contribution is -0.307. The number of hydrazone groups is 1. The van der Waals surface area contributed by atoms with E-state index in [4.69, 9.17) is 9.47 Å². The predicted molar refractivity (Wildman–Crippen MR) is 92.5 cm³/mol. The molecule has 2 rings (SSSR count). The van der Waals surface area contributed by atoms with Crippen molar-refractivity contribution in [2.24, 2.45) is 5.10 Å². The van der Waals surface area contributed by atoms with Gasteiger partial charge < -0.3 is 19.4 Å². The number of hydrogen-bond acceptors (Lipinski definition) is 7. The summed E-state index contributed by atoms with van der Waals surface area (Å²) in [5.41, 5.74) is 0.597. The topological polar surface area (TPSA) is 117 Å². The zero-order valence-corrected chi connectivity index (χ0v) is 14.7. The number of hydrogen-bond donors (Lipinski definition) is 1. The van der Waals surface area contributed by atoms with Crippen LogP contribution in [-0.4, -0.2) is 33.8 Å². The number of ether oxygens (including phenoxy) is 2. The van der Waals surface area contributed by atoms with Crippen molar-refractivity contribution in [1.29, 1.82) is 0 Å². The molecule has 0 amide bonds. The quantitative estimate of drug-likeness (QED) is 0.503. The van der Waals surface area contributed by atoms with Crippen LogP contribution in [0.1, 0.15) is 12.5 Å². The van der Waals surface area contributed by atoms with Gasteiger partial charge in [0.1, 0.15) is 18.1 Å². The highest BCUT2D eigenvalue weighted by Crippen LogP contribution is 2.16. The predicted octanol–water partition coefficient (Wildman–Crippen LogP) is 0.526. The Balaban J connectivity index is 1.96.